The van der Waals surface area contributed by atoms with Crippen molar-refractivity contribution in [2.24, 2.45) is 5.10 Å². The lowest BCUT2D eigenvalue weighted by Gasteiger charge is -2.13. The van der Waals surface area contributed by atoms with Crippen LogP contribution in [0.25, 0.3) is 16.6 Å². The van der Waals surface area contributed by atoms with Crippen molar-refractivity contribution in [3.63, 3.8) is 0 Å². The third-order valence-electron chi connectivity index (χ3n) is 4.67. The minimum atomic E-state index is -0.331. The number of phenols is 1. The molecule has 8 heteroatoms. The Balaban J connectivity index is 1.56. The molecular weight excluding hydrogens is 424 g/mol. The standard InChI is InChI=1S/C24H20N4O3S/c1-16-6-10-18(11-7-16)28-23(31)20-4-2-3-5-21(20)26-24(28)32-15-22(30)27-25-14-17-8-12-19(29)13-9-17/h2-14,29H,15H2,1H3,(H,27,30). The summed E-state index contributed by atoms with van der Waals surface area (Å²) in [6, 6.07) is 21.2. The van der Waals surface area contributed by atoms with E-state index in [0.29, 0.717) is 21.7 Å². The number of thioether (sulfide) groups is 1. The zero-order chi connectivity index (χ0) is 22.5. The fourth-order valence-electron chi connectivity index (χ4n) is 3.03. The Morgan fingerprint density at radius 2 is 1.81 bits per heavy atom. The molecule has 1 amide bonds. The Bertz CT molecular complexity index is 1350. The number of phenolic OH excluding ortho intramolecular Hbond substituents is 1. The number of fused-ring (bicyclic) bond motifs is 1. The highest BCUT2D eigenvalue weighted by Gasteiger charge is 2.14. The molecule has 4 rings (SSSR count). The van der Waals surface area contributed by atoms with E-state index in [9.17, 15) is 14.7 Å². The van der Waals surface area contributed by atoms with Crippen molar-refractivity contribution in [2.45, 2.75) is 12.1 Å². The van der Waals surface area contributed by atoms with E-state index < -0.39 is 0 Å². The number of hydrogen-bond donors (Lipinski definition) is 2. The molecule has 0 aliphatic rings. The molecule has 0 bridgehead atoms. The first-order valence-electron chi connectivity index (χ1n) is 9.84. The molecule has 0 aliphatic carbocycles. The van der Waals surface area contributed by atoms with Crippen LogP contribution < -0.4 is 11.0 Å². The molecule has 0 spiro atoms. The first-order chi connectivity index (χ1) is 15.5. The van der Waals surface area contributed by atoms with E-state index in [2.05, 4.69) is 15.5 Å². The summed E-state index contributed by atoms with van der Waals surface area (Å²) >= 11 is 1.16. The topological polar surface area (TPSA) is 96.6 Å². The maximum absolute atomic E-state index is 13.2. The Hall–Kier alpha value is -3.91. The molecule has 0 saturated heterocycles. The average Bonchev–Trinajstić information content (AvgIpc) is 2.80. The predicted molar refractivity (Wildman–Crippen MR) is 127 cm³/mol. The van der Waals surface area contributed by atoms with E-state index in [0.717, 1.165) is 22.9 Å². The van der Waals surface area contributed by atoms with Crippen molar-refractivity contribution in [3.05, 3.63) is 94.3 Å². The Morgan fingerprint density at radius 1 is 1.09 bits per heavy atom. The Labute approximate surface area is 188 Å². The normalized spacial score (nSPS) is 11.2. The number of amides is 1. The van der Waals surface area contributed by atoms with Gasteiger partial charge in [0, 0.05) is 0 Å². The number of aromatic nitrogens is 2. The molecule has 4 aromatic rings. The lowest BCUT2D eigenvalue weighted by atomic mass is 10.2. The van der Waals surface area contributed by atoms with Crippen LogP contribution in [0.5, 0.6) is 5.75 Å². The minimum Gasteiger partial charge on any atom is -0.508 e. The smallest absolute Gasteiger partial charge is 0.266 e. The quantitative estimate of drug-likeness (QED) is 0.205. The molecule has 1 aromatic heterocycles. The third-order valence-corrected chi connectivity index (χ3v) is 5.60. The van der Waals surface area contributed by atoms with Gasteiger partial charge in [0.05, 0.1) is 28.6 Å². The van der Waals surface area contributed by atoms with Crippen molar-refractivity contribution >= 4 is 34.8 Å². The zero-order valence-electron chi connectivity index (χ0n) is 17.2. The first-order valence-corrected chi connectivity index (χ1v) is 10.8. The van der Waals surface area contributed by atoms with E-state index >= 15 is 0 Å². The molecule has 0 fully saturated rings. The summed E-state index contributed by atoms with van der Waals surface area (Å²) in [4.78, 5) is 30.1. The van der Waals surface area contributed by atoms with Gasteiger partial charge < -0.3 is 5.11 Å². The van der Waals surface area contributed by atoms with Crippen LogP contribution in [-0.4, -0.2) is 32.5 Å². The highest BCUT2D eigenvalue weighted by molar-refractivity contribution is 7.99. The van der Waals surface area contributed by atoms with Crippen LogP contribution >= 0.6 is 11.8 Å². The average molecular weight is 445 g/mol. The van der Waals surface area contributed by atoms with Gasteiger partial charge in [-0.05, 0) is 61.0 Å². The molecule has 0 atom stereocenters. The van der Waals surface area contributed by atoms with E-state index in [4.69, 9.17) is 0 Å². The van der Waals surface area contributed by atoms with Gasteiger partial charge in [-0.2, -0.15) is 5.10 Å². The number of carbonyl (C=O) groups is 1. The number of benzene rings is 3. The van der Waals surface area contributed by atoms with Gasteiger partial charge in [0.25, 0.3) is 11.5 Å². The summed E-state index contributed by atoms with van der Waals surface area (Å²) in [5, 5.41) is 14.2. The van der Waals surface area contributed by atoms with Gasteiger partial charge in [0.1, 0.15) is 5.75 Å². The fourth-order valence-corrected chi connectivity index (χ4v) is 3.84. The minimum absolute atomic E-state index is 0.0313. The highest BCUT2D eigenvalue weighted by Crippen LogP contribution is 2.21. The summed E-state index contributed by atoms with van der Waals surface area (Å²) in [5.74, 6) is -0.142. The fraction of sp³-hybridized carbons (Fsp3) is 0.0833. The summed E-state index contributed by atoms with van der Waals surface area (Å²) in [6.45, 7) is 1.98. The van der Waals surface area contributed by atoms with E-state index in [1.54, 1.807) is 30.3 Å². The number of carbonyl (C=O) groups excluding carboxylic acids is 1. The summed E-state index contributed by atoms with van der Waals surface area (Å²) < 4.78 is 1.53. The molecular formula is C24H20N4O3S. The third kappa shape index (κ3) is 4.87. The monoisotopic (exact) mass is 444 g/mol. The second-order valence-corrected chi connectivity index (χ2v) is 8.00. The van der Waals surface area contributed by atoms with Gasteiger partial charge in [0.2, 0.25) is 0 Å². The lowest BCUT2D eigenvalue weighted by Crippen LogP contribution is -2.24. The maximum Gasteiger partial charge on any atom is 0.266 e. The van der Waals surface area contributed by atoms with Crippen LogP contribution in [-0.2, 0) is 4.79 Å². The summed E-state index contributed by atoms with van der Waals surface area (Å²) in [5.41, 5.74) is 5.36. The molecule has 3 aromatic carbocycles. The number of aryl methyl sites for hydroxylation is 1. The van der Waals surface area contributed by atoms with Gasteiger partial charge in [-0.3, -0.25) is 14.2 Å². The molecule has 0 saturated carbocycles. The molecule has 0 radical (unpaired) electrons. The van der Waals surface area contributed by atoms with Crippen LogP contribution in [0.15, 0.2) is 87.8 Å². The largest absolute Gasteiger partial charge is 0.508 e. The molecule has 32 heavy (non-hydrogen) atoms. The number of aromatic hydroxyl groups is 1. The van der Waals surface area contributed by atoms with Crippen molar-refractivity contribution in [3.8, 4) is 11.4 Å². The number of hydrazone groups is 1. The molecule has 0 unspecified atom stereocenters. The molecule has 1 heterocycles. The zero-order valence-corrected chi connectivity index (χ0v) is 18.0. The van der Waals surface area contributed by atoms with Gasteiger partial charge in [-0.25, -0.2) is 10.4 Å². The van der Waals surface area contributed by atoms with Crippen molar-refractivity contribution < 1.29 is 9.90 Å². The molecule has 160 valence electrons. The van der Waals surface area contributed by atoms with Crippen LogP contribution in [0, 0.1) is 6.92 Å². The van der Waals surface area contributed by atoms with Gasteiger partial charge in [0.15, 0.2) is 5.16 Å². The van der Waals surface area contributed by atoms with Crippen LogP contribution in [0.3, 0.4) is 0 Å². The van der Waals surface area contributed by atoms with E-state index in [1.165, 1.54) is 22.9 Å². The van der Waals surface area contributed by atoms with Gasteiger partial charge in [-0.1, -0.05) is 41.6 Å². The summed E-state index contributed by atoms with van der Waals surface area (Å²) in [6.07, 6.45) is 1.48. The first kappa shape index (κ1) is 21.3. The van der Waals surface area contributed by atoms with Crippen molar-refractivity contribution in [1.82, 2.24) is 15.0 Å². The maximum atomic E-state index is 13.2. The SMILES string of the molecule is Cc1ccc(-n2c(SCC(=O)NN=Cc3ccc(O)cc3)nc3ccccc3c2=O)cc1. The molecule has 7 nitrogen and oxygen atoms in total. The Morgan fingerprint density at radius 3 is 2.56 bits per heavy atom. The van der Waals surface area contributed by atoms with E-state index in [1.807, 2.05) is 37.3 Å². The van der Waals surface area contributed by atoms with E-state index in [-0.39, 0.29) is 23.0 Å². The van der Waals surface area contributed by atoms with Gasteiger partial charge >= 0.3 is 0 Å². The van der Waals surface area contributed by atoms with Crippen molar-refractivity contribution in [1.29, 1.82) is 0 Å². The summed E-state index contributed by atoms with van der Waals surface area (Å²) in [7, 11) is 0. The number of para-hydroxylation sites is 1. The highest BCUT2D eigenvalue weighted by atomic mass is 32.2. The van der Waals surface area contributed by atoms with Crippen LogP contribution in [0.1, 0.15) is 11.1 Å². The second kappa shape index (κ2) is 9.49. The number of rotatable bonds is 6. The predicted octanol–water partition coefficient (Wildman–Crippen LogP) is 3.64. The lowest BCUT2D eigenvalue weighted by molar-refractivity contribution is -0.118. The molecule has 2 N–H and O–H groups in total. The second-order valence-electron chi connectivity index (χ2n) is 7.06. The van der Waals surface area contributed by atoms with Crippen molar-refractivity contribution in [2.75, 3.05) is 5.75 Å². The van der Waals surface area contributed by atoms with Crippen LogP contribution in [0.4, 0.5) is 0 Å². The number of nitrogens with one attached hydrogen (secondary N) is 1. The molecule has 0 aliphatic heterocycles. The van der Waals surface area contributed by atoms with Crippen LogP contribution in [0.2, 0.25) is 0 Å². The number of hydrogen-bond acceptors (Lipinski definition) is 6. The Kier molecular flexibility index (Phi) is 6.32. The van der Waals surface area contributed by atoms with Gasteiger partial charge in [-0.15, -0.1) is 0 Å². The number of nitrogens with zero attached hydrogens (tertiary/aromatic N) is 3.